The Morgan fingerprint density at radius 3 is 2.89 bits per heavy atom. The molecule has 0 fully saturated rings. The largest absolute Gasteiger partial charge is 0.423 e. The van der Waals surface area contributed by atoms with Crippen LogP contribution in [-0.2, 0) is 0 Å². The van der Waals surface area contributed by atoms with Gasteiger partial charge in [0.05, 0.1) is 0 Å². The quantitative estimate of drug-likeness (QED) is 0.678. The summed E-state index contributed by atoms with van der Waals surface area (Å²) in [5.74, 6) is -0.319. The van der Waals surface area contributed by atoms with Crippen molar-refractivity contribution in [2.24, 2.45) is 0 Å². The van der Waals surface area contributed by atoms with E-state index < -0.39 is 0 Å². The first kappa shape index (κ1) is 10.6. The van der Waals surface area contributed by atoms with Gasteiger partial charge in [-0.2, -0.15) is 4.98 Å². The number of nitrogens with zero attached hydrogens (tertiary/aromatic N) is 1. The van der Waals surface area contributed by atoms with Gasteiger partial charge in [-0.05, 0) is 36.4 Å². The smallest absolute Gasteiger partial charge is 0.300 e. The Bertz CT molecular complexity index is 708. The van der Waals surface area contributed by atoms with Crippen molar-refractivity contribution >= 4 is 28.5 Å². The third-order valence-corrected chi connectivity index (χ3v) is 2.49. The normalized spacial score (nSPS) is 10.7. The zero-order chi connectivity index (χ0) is 12.5. The summed E-state index contributed by atoms with van der Waals surface area (Å²) in [7, 11) is 0. The minimum atomic E-state index is -0.319. The van der Waals surface area contributed by atoms with Crippen LogP contribution in [0.2, 0.25) is 0 Å². The van der Waals surface area contributed by atoms with Crippen molar-refractivity contribution in [3.05, 3.63) is 48.3 Å². The van der Waals surface area contributed by atoms with E-state index in [1.54, 1.807) is 30.3 Å². The summed E-state index contributed by atoms with van der Waals surface area (Å²) in [6.07, 6.45) is 0. The molecule has 0 saturated carbocycles. The molecule has 0 spiro atoms. The summed E-state index contributed by atoms with van der Waals surface area (Å²) in [6.45, 7) is 0. The molecule has 1 heterocycles. The molecule has 0 aliphatic rings. The number of aromatic nitrogens is 1. The molecular weight excluding hydrogens is 233 g/mol. The van der Waals surface area contributed by atoms with E-state index in [9.17, 15) is 4.39 Å². The first-order valence-corrected chi connectivity index (χ1v) is 5.39. The highest BCUT2D eigenvalue weighted by atomic mass is 19.1. The van der Waals surface area contributed by atoms with Crippen LogP contribution in [0.5, 0.6) is 0 Å². The third kappa shape index (κ3) is 1.98. The van der Waals surface area contributed by atoms with Crippen molar-refractivity contribution in [2.45, 2.75) is 0 Å². The Labute approximate surface area is 102 Å². The molecule has 90 valence electrons. The van der Waals surface area contributed by atoms with Crippen molar-refractivity contribution in [1.82, 2.24) is 4.98 Å². The summed E-state index contributed by atoms with van der Waals surface area (Å²) in [5, 5.41) is 2.90. The van der Waals surface area contributed by atoms with E-state index in [1.807, 2.05) is 0 Å². The molecule has 3 rings (SSSR count). The van der Waals surface area contributed by atoms with Crippen LogP contribution in [0.15, 0.2) is 46.9 Å². The van der Waals surface area contributed by atoms with Crippen molar-refractivity contribution in [3.63, 3.8) is 0 Å². The second-order valence-corrected chi connectivity index (χ2v) is 3.88. The van der Waals surface area contributed by atoms with Gasteiger partial charge in [0.15, 0.2) is 5.58 Å². The van der Waals surface area contributed by atoms with Crippen molar-refractivity contribution in [1.29, 1.82) is 0 Å². The number of hydrogen-bond acceptors (Lipinski definition) is 4. The van der Waals surface area contributed by atoms with Gasteiger partial charge >= 0.3 is 0 Å². The van der Waals surface area contributed by atoms with Crippen LogP contribution in [0.25, 0.3) is 11.1 Å². The number of rotatable bonds is 2. The second kappa shape index (κ2) is 4.03. The van der Waals surface area contributed by atoms with Crippen LogP contribution in [0.3, 0.4) is 0 Å². The van der Waals surface area contributed by atoms with Gasteiger partial charge in [0.1, 0.15) is 11.3 Å². The van der Waals surface area contributed by atoms with E-state index in [1.165, 1.54) is 12.1 Å². The number of anilines is 3. The first-order valence-electron chi connectivity index (χ1n) is 5.39. The van der Waals surface area contributed by atoms with Gasteiger partial charge in [-0.15, -0.1) is 0 Å². The lowest BCUT2D eigenvalue weighted by atomic mass is 10.3. The molecule has 0 unspecified atom stereocenters. The van der Waals surface area contributed by atoms with Crippen molar-refractivity contribution in [2.75, 3.05) is 11.1 Å². The maximum Gasteiger partial charge on any atom is 0.300 e. The summed E-state index contributed by atoms with van der Waals surface area (Å²) >= 11 is 0. The maximum atomic E-state index is 13.0. The van der Waals surface area contributed by atoms with Crippen LogP contribution >= 0.6 is 0 Å². The number of fused-ring (bicyclic) bond motifs is 1. The molecule has 0 radical (unpaired) electrons. The van der Waals surface area contributed by atoms with Gasteiger partial charge in [0.2, 0.25) is 0 Å². The average molecular weight is 243 g/mol. The molecule has 0 atom stereocenters. The molecule has 18 heavy (non-hydrogen) atoms. The van der Waals surface area contributed by atoms with Gasteiger partial charge in [0, 0.05) is 11.4 Å². The van der Waals surface area contributed by atoms with Crippen LogP contribution in [0, 0.1) is 5.82 Å². The predicted octanol–water partition coefficient (Wildman–Crippen LogP) is 3.29. The Balaban J connectivity index is 1.95. The molecule has 0 saturated heterocycles. The first-order chi connectivity index (χ1) is 8.70. The number of hydrogen-bond donors (Lipinski definition) is 2. The molecular formula is C13H10FN3O. The van der Waals surface area contributed by atoms with E-state index in [2.05, 4.69) is 10.3 Å². The minimum Gasteiger partial charge on any atom is -0.423 e. The van der Waals surface area contributed by atoms with Gasteiger partial charge < -0.3 is 15.5 Å². The summed E-state index contributed by atoms with van der Waals surface area (Å²) in [6, 6.07) is 11.6. The van der Waals surface area contributed by atoms with Gasteiger partial charge in [-0.25, -0.2) is 4.39 Å². The van der Waals surface area contributed by atoms with Gasteiger partial charge in [0.25, 0.3) is 6.01 Å². The highest BCUT2D eigenvalue weighted by Crippen LogP contribution is 2.23. The maximum absolute atomic E-state index is 13.0. The fourth-order valence-corrected chi connectivity index (χ4v) is 1.69. The third-order valence-electron chi connectivity index (χ3n) is 2.49. The lowest BCUT2D eigenvalue weighted by molar-refractivity contribution is 0.620. The van der Waals surface area contributed by atoms with Crippen LogP contribution in [0.4, 0.5) is 21.8 Å². The number of nitrogen functional groups attached to an aromatic ring is 1. The molecule has 5 heteroatoms. The molecule has 1 aromatic heterocycles. The topological polar surface area (TPSA) is 64.1 Å². The predicted molar refractivity (Wildman–Crippen MR) is 68.1 cm³/mol. The fraction of sp³-hybridized carbons (Fsp3) is 0. The van der Waals surface area contributed by atoms with E-state index in [0.29, 0.717) is 28.5 Å². The monoisotopic (exact) mass is 243 g/mol. The van der Waals surface area contributed by atoms with Crippen LogP contribution in [0.1, 0.15) is 0 Å². The zero-order valence-electron chi connectivity index (χ0n) is 9.35. The zero-order valence-corrected chi connectivity index (χ0v) is 9.35. The standard InChI is InChI=1S/C13H10FN3O/c14-8-2-1-3-10(6-8)16-13-17-11-7-9(15)4-5-12(11)18-13/h1-7H,15H2,(H,16,17). The van der Waals surface area contributed by atoms with E-state index >= 15 is 0 Å². The molecule has 2 aromatic carbocycles. The summed E-state index contributed by atoms with van der Waals surface area (Å²) < 4.78 is 18.5. The van der Waals surface area contributed by atoms with Crippen LogP contribution < -0.4 is 11.1 Å². The molecule has 3 N–H and O–H groups in total. The van der Waals surface area contributed by atoms with Gasteiger partial charge in [-0.1, -0.05) is 6.07 Å². The lowest BCUT2D eigenvalue weighted by Gasteiger charge is -2.00. The van der Waals surface area contributed by atoms with E-state index in [4.69, 9.17) is 10.2 Å². The van der Waals surface area contributed by atoms with Crippen molar-refractivity contribution < 1.29 is 8.81 Å². The average Bonchev–Trinajstić information content (AvgIpc) is 2.70. The van der Waals surface area contributed by atoms with E-state index in [-0.39, 0.29) is 5.82 Å². The Hall–Kier alpha value is -2.56. The van der Waals surface area contributed by atoms with Crippen LogP contribution in [-0.4, -0.2) is 4.98 Å². The number of nitrogens with one attached hydrogen (secondary N) is 1. The number of nitrogens with two attached hydrogens (primary N) is 1. The summed E-state index contributed by atoms with van der Waals surface area (Å²) in [4.78, 5) is 4.22. The Kier molecular flexibility index (Phi) is 2.37. The SMILES string of the molecule is Nc1ccc2oc(Nc3cccc(F)c3)nc2c1. The number of benzene rings is 2. The van der Waals surface area contributed by atoms with Gasteiger partial charge in [-0.3, -0.25) is 0 Å². The molecule has 0 aliphatic heterocycles. The number of halogens is 1. The number of oxazole rings is 1. The molecule has 0 amide bonds. The fourth-order valence-electron chi connectivity index (χ4n) is 1.69. The molecule has 4 nitrogen and oxygen atoms in total. The molecule has 3 aromatic rings. The molecule has 0 bridgehead atoms. The minimum absolute atomic E-state index is 0.307. The summed E-state index contributed by atoms with van der Waals surface area (Å²) in [5.41, 5.74) is 8.14. The highest BCUT2D eigenvalue weighted by molar-refractivity contribution is 5.78. The van der Waals surface area contributed by atoms with E-state index in [0.717, 1.165) is 0 Å². The lowest BCUT2D eigenvalue weighted by Crippen LogP contribution is -1.90. The Morgan fingerprint density at radius 1 is 1.17 bits per heavy atom. The molecule has 0 aliphatic carbocycles. The second-order valence-electron chi connectivity index (χ2n) is 3.88. The van der Waals surface area contributed by atoms with Crippen molar-refractivity contribution in [3.8, 4) is 0 Å². The Morgan fingerprint density at radius 2 is 2.06 bits per heavy atom. The highest BCUT2D eigenvalue weighted by Gasteiger charge is 2.06.